The van der Waals surface area contributed by atoms with Crippen LogP contribution in [0.3, 0.4) is 0 Å². The van der Waals surface area contributed by atoms with Crippen molar-refractivity contribution in [1.82, 2.24) is 14.8 Å². The summed E-state index contributed by atoms with van der Waals surface area (Å²) in [6.45, 7) is 7.29. The molecule has 0 saturated carbocycles. The van der Waals surface area contributed by atoms with Gasteiger partial charge in [0.15, 0.2) is 0 Å². The van der Waals surface area contributed by atoms with E-state index in [2.05, 4.69) is 20.8 Å². The minimum absolute atomic E-state index is 0.292. The smallest absolute Gasteiger partial charge is 0.336 e. The number of aryl methyl sites for hydroxylation is 1. The largest absolute Gasteiger partial charge is 0.478 e. The Morgan fingerprint density at radius 1 is 1.09 bits per heavy atom. The minimum Gasteiger partial charge on any atom is -0.478 e. The first kappa shape index (κ1) is 26.6. The van der Waals surface area contributed by atoms with Gasteiger partial charge in [0, 0.05) is 33.6 Å². The molecule has 0 aliphatic rings. The van der Waals surface area contributed by atoms with Crippen LogP contribution >= 0.6 is 0 Å². The number of carboxylic acid groups (broad SMARTS) is 1. The van der Waals surface area contributed by atoms with Gasteiger partial charge in [-0.05, 0) is 41.5 Å². The first-order valence-corrected chi connectivity index (χ1v) is 12.3. The van der Waals surface area contributed by atoms with Gasteiger partial charge in [-0.3, -0.25) is 0 Å². The van der Waals surface area contributed by atoms with Crippen LogP contribution in [0.1, 0.15) is 74.0 Å². The van der Waals surface area contributed by atoms with Crippen molar-refractivity contribution in [1.29, 1.82) is 0 Å². The number of nitrogens with zero attached hydrogens (tertiary/aromatic N) is 3. The molecule has 7 nitrogen and oxygen atoms in total. The van der Waals surface area contributed by atoms with Gasteiger partial charge in [-0.15, -0.1) is 0 Å². The average Bonchev–Trinajstić information content (AvgIpc) is 3.27. The molecule has 0 atom stereocenters. The van der Waals surface area contributed by atoms with Crippen LogP contribution in [0.15, 0.2) is 48.5 Å². The fourth-order valence-electron chi connectivity index (χ4n) is 4.12. The summed E-state index contributed by atoms with van der Waals surface area (Å²) in [5.41, 5.74) is 2.93. The summed E-state index contributed by atoms with van der Waals surface area (Å²) in [6, 6.07) is 15.0. The molecule has 0 aliphatic carbocycles. The van der Waals surface area contributed by atoms with Crippen molar-refractivity contribution >= 4 is 5.97 Å². The molecule has 0 saturated heterocycles. The van der Waals surface area contributed by atoms with Crippen LogP contribution in [0.25, 0.3) is 11.1 Å². The van der Waals surface area contributed by atoms with Gasteiger partial charge in [0.2, 0.25) is 11.6 Å². The van der Waals surface area contributed by atoms with Crippen LogP contribution in [-0.4, -0.2) is 40.1 Å². The van der Waals surface area contributed by atoms with Crippen LogP contribution in [-0.2, 0) is 28.2 Å². The van der Waals surface area contributed by atoms with E-state index in [-0.39, 0.29) is 0 Å². The second kappa shape index (κ2) is 12.1. The molecule has 35 heavy (non-hydrogen) atoms. The van der Waals surface area contributed by atoms with Crippen molar-refractivity contribution in [2.45, 2.75) is 65.2 Å². The van der Waals surface area contributed by atoms with E-state index < -0.39 is 11.8 Å². The number of methoxy groups -OCH3 is 2. The van der Waals surface area contributed by atoms with Crippen LogP contribution in [0, 0.1) is 5.92 Å². The normalized spacial score (nSPS) is 11.8. The minimum atomic E-state index is -0.960. The highest BCUT2D eigenvalue weighted by molar-refractivity contribution is 5.95. The summed E-state index contributed by atoms with van der Waals surface area (Å²) in [4.78, 5) is 16.5. The van der Waals surface area contributed by atoms with Gasteiger partial charge >= 0.3 is 5.97 Å². The van der Waals surface area contributed by atoms with E-state index in [9.17, 15) is 9.90 Å². The molecule has 3 aromatic rings. The summed E-state index contributed by atoms with van der Waals surface area (Å²) < 4.78 is 13.6. The average molecular weight is 480 g/mol. The molecule has 1 N–H and O–H groups in total. The molecule has 0 bridgehead atoms. The van der Waals surface area contributed by atoms with Crippen LogP contribution < -0.4 is 0 Å². The van der Waals surface area contributed by atoms with E-state index >= 15 is 0 Å². The monoisotopic (exact) mass is 479 g/mol. The molecule has 0 spiro atoms. The Hall–Kier alpha value is -3.03. The highest BCUT2D eigenvalue weighted by Gasteiger charge is 2.37. The van der Waals surface area contributed by atoms with Crippen molar-refractivity contribution in [3.63, 3.8) is 0 Å². The number of rotatable bonds is 13. The van der Waals surface area contributed by atoms with E-state index in [0.29, 0.717) is 35.7 Å². The first-order chi connectivity index (χ1) is 16.8. The zero-order valence-electron chi connectivity index (χ0n) is 21.5. The van der Waals surface area contributed by atoms with E-state index in [0.717, 1.165) is 42.8 Å². The third-order valence-electron chi connectivity index (χ3n) is 6.31. The lowest BCUT2D eigenvalue weighted by Gasteiger charge is -2.27. The standard InChI is InChI=1S/C28H37N3O4/c1-6-7-17-28(34-4,35-5)27-29-25(31(30-27)18-16-20(2)3)19-21-12-14-22(15-13-21)23-10-8-9-11-24(23)26(32)33/h8-15,20H,6-7,16-19H2,1-5H3,(H,32,33). The maximum Gasteiger partial charge on any atom is 0.336 e. The first-order valence-electron chi connectivity index (χ1n) is 12.3. The predicted octanol–water partition coefficient (Wildman–Crippen LogP) is 5.92. The van der Waals surface area contributed by atoms with Gasteiger partial charge in [-0.2, -0.15) is 5.10 Å². The Bertz CT molecular complexity index is 1100. The Kier molecular flexibility index (Phi) is 9.18. The number of aromatic carboxylic acids is 1. The predicted molar refractivity (Wildman–Crippen MR) is 136 cm³/mol. The summed E-state index contributed by atoms with van der Waals surface area (Å²) in [7, 11) is 3.28. The van der Waals surface area contributed by atoms with E-state index in [4.69, 9.17) is 19.6 Å². The summed E-state index contributed by atoms with van der Waals surface area (Å²) in [5.74, 6) is 0.0613. The molecule has 1 aromatic heterocycles. The Morgan fingerprint density at radius 2 is 1.77 bits per heavy atom. The van der Waals surface area contributed by atoms with Gasteiger partial charge in [0.1, 0.15) is 5.82 Å². The third kappa shape index (κ3) is 6.35. The van der Waals surface area contributed by atoms with E-state index in [1.54, 1.807) is 26.4 Å². The number of hydrogen-bond acceptors (Lipinski definition) is 5. The number of hydrogen-bond donors (Lipinski definition) is 1. The lowest BCUT2D eigenvalue weighted by Crippen LogP contribution is -2.32. The molecular weight excluding hydrogens is 442 g/mol. The van der Waals surface area contributed by atoms with E-state index in [1.807, 2.05) is 41.1 Å². The molecule has 0 unspecified atom stereocenters. The number of unbranched alkanes of at least 4 members (excludes halogenated alkanes) is 1. The fraction of sp³-hybridized carbons (Fsp3) is 0.464. The maximum atomic E-state index is 11.6. The number of ether oxygens (including phenoxy) is 2. The van der Waals surface area contributed by atoms with Gasteiger partial charge in [0.25, 0.3) is 0 Å². The third-order valence-corrected chi connectivity index (χ3v) is 6.31. The van der Waals surface area contributed by atoms with Crippen molar-refractivity contribution < 1.29 is 19.4 Å². The highest BCUT2D eigenvalue weighted by Crippen LogP contribution is 2.30. The van der Waals surface area contributed by atoms with Gasteiger partial charge in [-0.1, -0.05) is 69.7 Å². The maximum absolute atomic E-state index is 11.6. The summed E-state index contributed by atoms with van der Waals surface area (Å²) >= 11 is 0. The fourth-order valence-corrected chi connectivity index (χ4v) is 4.12. The molecule has 1 heterocycles. The molecule has 2 aromatic carbocycles. The molecule has 0 fully saturated rings. The second-order valence-corrected chi connectivity index (χ2v) is 9.25. The molecule has 0 aliphatic heterocycles. The van der Waals surface area contributed by atoms with Crippen molar-refractivity contribution in [3.8, 4) is 11.1 Å². The van der Waals surface area contributed by atoms with Crippen molar-refractivity contribution in [2.24, 2.45) is 5.92 Å². The molecular formula is C28H37N3O4. The lowest BCUT2D eigenvalue weighted by atomic mass is 9.98. The molecule has 0 radical (unpaired) electrons. The Labute approximate surface area is 208 Å². The number of carboxylic acids is 1. The van der Waals surface area contributed by atoms with Gasteiger partial charge in [-0.25, -0.2) is 14.5 Å². The second-order valence-electron chi connectivity index (χ2n) is 9.25. The Balaban J connectivity index is 1.91. The Morgan fingerprint density at radius 3 is 2.37 bits per heavy atom. The lowest BCUT2D eigenvalue weighted by molar-refractivity contribution is -0.226. The highest BCUT2D eigenvalue weighted by atomic mass is 16.7. The molecule has 3 rings (SSSR count). The number of benzene rings is 2. The number of carbonyl (C=O) groups is 1. The zero-order valence-corrected chi connectivity index (χ0v) is 21.5. The van der Waals surface area contributed by atoms with Crippen LogP contribution in [0.2, 0.25) is 0 Å². The number of aromatic nitrogens is 3. The van der Waals surface area contributed by atoms with Crippen LogP contribution in [0.5, 0.6) is 0 Å². The summed E-state index contributed by atoms with van der Waals surface area (Å²) in [6.07, 6.45) is 4.23. The zero-order chi connectivity index (χ0) is 25.4. The van der Waals surface area contributed by atoms with Crippen molar-refractivity contribution in [3.05, 3.63) is 71.3 Å². The van der Waals surface area contributed by atoms with Gasteiger partial charge in [0.05, 0.1) is 5.56 Å². The molecule has 7 heteroatoms. The van der Waals surface area contributed by atoms with Crippen LogP contribution in [0.4, 0.5) is 0 Å². The quantitative estimate of drug-likeness (QED) is 0.306. The van der Waals surface area contributed by atoms with Gasteiger partial charge < -0.3 is 14.6 Å². The van der Waals surface area contributed by atoms with Crippen molar-refractivity contribution in [2.75, 3.05) is 14.2 Å². The van der Waals surface area contributed by atoms with E-state index in [1.165, 1.54) is 0 Å². The topological polar surface area (TPSA) is 86.5 Å². The summed E-state index contributed by atoms with van der Waals surface area (Å²) in [5, 5.41) is 14.4. The molecule has 188 valence electrons. The molecule has 0 amide bonds. The SMILES string of the molecule is CCCCC(OC)(OC)c1nc(Cc2ccc(-c3ccccc3C(=O)O)cc2)n(CCC(C)C)n1.